The largest absolute Gasteiger partial charge is 0.587 e. The summed E-state index contributed by atoms with van der Waals surface area (Å²) in [5, 5.41) is 3.03. The Hall–Kier alpha value is -3.08. The van der Waals surface area contributed by atoms with Crippen molar-refractivity contribution in [3.05, 3.63) is 96.6 Å². The molecule has 1 N–H and O–H groups in total. The summed E-state index contributed by atoms with van der Waals surface area (Å²) in [4.78, 5) is 12.7. The van der Waals surface area contributed by atoms with Crippen molar-refractivity contribution in [3.8, 4) is 11.5 Å². The number of para-hydroxylation sites is 2. The number of rotatable bonds is 15. The molecule has 0 bridgehead atoms. The highest BCUT2D eigenvalue weighted by Gasteiger charge is 2.33. The van der Waals surface area contributed by atoms with Gasteiger partial charge in [0.25, 0.3) is 0 Å². The first-order chi connectivity index (χ1) is 17.1. The number of carbonyl (C=O) groups is 1. The van der Waals surface area contributed by atoms with Crippen molar-refractivity contribution < 1.29 is 22.9 Å². The second-order valence-electron chi connectivity index (χ2n) is 8.25. The molecule has 3 aromatic rings. The summed E-state index contributed by atoms with van der Waals surface area (Å²) in [5.74, 6) is 0.653. The highest BCUT2D eigenvalue weighted by atomic mass is 31.2. The van der Waals surface area contributed by atoms with Crippen LogP contribution in [-0.2, 0) is 13.9 Å². The van der Waals surface area contributed by atoms with E-state index < -0.39 is 13.9 Å². The quantitative estimate of drug-likeness (QED) is 0.175. The SMILES string of the molecule is CCCCCCCC(=O)N[C@@H](COP(=O)(Oc1ccccc1)Oc1ccccc1)c1ccccc1. The molecule has 3 rings (SSSR count). The summed E-state index contributed by atoms with van der Waals surface area (Å²) >= 11 is 0. The van der Waals surface area contributed by atoms with E-state index in [1.165, 1.54) is 6.42 Å². The molecule has 3 aromatic carbocycles. The molecule has 0 unspecified atom stereocenters. The van der Waals surface area contributed by atoms with Gasteiger partial charge in [-0.15, -0.1) is 0 Å². The van der Waals surface area contributed by atoms with Crippen LogP contribution in [0.1, 0.15) is 57.1 Å². The summed E-state index contributed by atoms with van der Waals surface area (Å²) in [5.41, 5.74) is 0.845. The molecule has 0 aliphatic carbocycles. The summed E-state index contributed by atoms with van der Waals surface area (Å²) in [6.45, 7) is 2.08. The van der Waals surface area contributed by atoms with Gasteiger partial charge in [-0.3, -0.25) is 9.32 Å². The zero-order valence-corrected chi connectivity index (χ0v) is 21.1. The molecular weight excluding hydrogens is 461 g/mol. The van der Waals surface area contributed by atoms with Crippen molar-refractivity contribution >= 4 is 13.7 Å². The van der Waals surface area contributed by atoms with Gasteiger partial charge in [0, 0.05) is 6.42 Å². The molecule has 0 heterocycles. The molecule has 186 valence electrons. The van der Waals surface area contributed by atoms with E-state index in [4.69, 9.17) is 13.6 Å². The topological polar surface area (TPSA) is 73.9 Å². The molecule has 6 nitrogen and oxygen atoms in total. The lowest BCUT2D eigenvalue weighted by Gasteiger charge is -2.23. The van der Waals surface area contributed by atoms with Gasteiger partial charge in [-0.2, -0.15) is 0 Å². The Morgan fingerprint density at radius 1 is 0.771 bits per heavy atom. The molecule has 1 atom stereocenters. The number of amides is 1. The Balaban J connectivity index is 1.71. The van der Waals surface area contributed by atoms with Crippen LogP contribution in [0.3, 0.4) is 0 Å². The molecule has 0 aliphatic heterocycles. The number of nitrogens with one attached hydrogen (secondary N) is 1. The van der Waals surface area contributed by atoms with Crippen LogP contribution in [0.2, 0.25) is 0 Å². The number of carbonyl (C=O) groups excluding carboxylic acids is 1. The first kappa shape index (κ1) is 26.5. The summed E-state index contributed by atoms with van der Waals surface area (Å²) in [6.07, 6.45) is 5.77. The number of phosphoric acid groups is 1. The molecule has 0 aliphatic rings. The van der Waals surface area contributed by atoms with E-state index in [0.29, 0.717) is 17.9 Å². The lowest BCUT2D eigenvalue weighted by molar-refractivity contribution is -0.122. The summed E-state index contributed by atoms with van der Waals surface area (Å²) in [7, 11) is -4.07. The normalized spacial score (nSPS) is 12.0. The van der Waals surface area contributed by atoms with Gasteiger partial charge < -0.3 is 14.4 Å². The van der Waals surface area contributed by atoms with Gasteiger partial charge in [0.15, 0.2) is 0 Å². The van der Waals surface area contributed by atoms with Crippen LogP contribution in [-0.4, -0.2) is 12.5 Å². The van der Waals surface area contributed by atoms with Crippen molar-refractivity contribution in [1.29, 1.82) is 0 Å². The van der Waals surface area contributed by atoms with Gasteiger partial charge in [-0.05, 0) is 36.2 Å². The predicted octanol–water partition coefficient (Wildman–Crippen LogP) is 7.49. The van der Waals surface area contributed by atoms with Gasteiger partial charge in [0.2, 0.25) is 5.91 Å². The fraction of sp³-hybridized carbons (Fsp3) is 0.321. The number of phosphoric ester groups is 1. The van der Waals surface area contributed by atoms with E-state index >= 15 is 0 Å². The van der Waals surface area contributed by atoms with Gasteiger partial charge >= 0.3 is 7.82 Å². The molecule has 1 amide bonds. The van der Waals surface area contributed by atoms with E-state index in [9.17, 15) is 9.36 Å². The summed E-state index contributed by atoms with van der Waals surface area (Å²) in [6, 6.07) is 26.5. The van der Waals surface area contributed by atoms with Crippen LogP contribution in [0.15, 0.2) is 91.0 Å². The predicted molar refractivity (Wildman–Crippen MR) is 138 cm³/mol. The second kappa shape index (κ2) is 14.3. The van der Waals surface area contributed by atoms with Crippen molar-refractivity contribution in [2.75, 3.05) is 6.61 Å². The maximum Gasteiger partial charge on any atom is 0.587 e. The van der Waals surface area contributed by atoms with Crippen LogP contribution in [0.25, 0.3) is 0 Å². The zero-order valence-electron chi connectivity index (χ0n) is 20.2. The van der Waals surface area contributed by atoms with Crippen LogP contribution >= 0.6 is 7.82 Å². The molecule has 0 saturated carbocycles. The van der Waals surface area contributed by atoms with Crippen LogP contribution in [0.5, 0.6) is 11.5 Å². The molecule has 7 heteroatoms. The maximum atomic E-state index is 13.7. The summed E-state index contributed by atoms with van der Waals surface area (Å²) < 4.78 is 30.9. The Morgan fingerprint density at radius 3 is 1.83 bits per heavy atom. The zero-order chi connectivity index (χ0) is 24.8. The minimum absolute atomic E-state index is 0.0678. The Kier molecular flexibility index (Phi) is 10.9. The van der Waals surface area contributed by atoms with Gasteiger partial charge in [0.1, 0.15) is 11.5 Å². The molecule has 0 radical (unpaired) electrons. The Bertz CT molecular complexity index is 1000. The Labute approximate surface area is 208 Å². The van der Waals surface area contributed by atoms with Gasteiger partial charge in [-0.25, -0.2) is 4.57 Å². The van der Waals surface area contributed by atoms with E-state index in [0.717, 1.165) is 31.2 Å². The average molecular weight is 496 g/mol. The third kappa shape index (κ3) is 9.59. The van der Waals surface area contributed by atoms with Crippen molar-refractivity contribution in [3.63, 3.8) is 0 Å². The van der Waals surface area contributed by atoms with Crippen LogP contribution in [0, 0.1) is 0 Å². The highest BCUT2D eigenvalue weighted by Crippen LogP contribution is 2.50. The van der Waals surface area contributed by atoms with Crippen molar-refractivity contribution in [2.24, 2.45) is 0 Å². The maximum absolute atomic E-state index is 13.7. The molecule has 0 fully saturated rings. The fourth-order valence-electron chi connectivity index (χ4n) is 3.52. The highest BCUT2D eigenvalue weighted by molar-refractivity contribution is 7.49. The van der Waals surface area contributed by atoms with Crippen molar-refractivity contribution in [1.82, 2.24) is 5.32 Å². The number of unbranched alkanes of at least 4 members (excludes halogenated alkanes) is 4. The number of hydrogen-bond acceptors (Lipinski definition) is 5. The fourth-order valence-corrected chi connectivity index (χ4v) is 4.75. The lowest BCUT2D eigenvalue weighted by Crippen LogP contribution is -2.31. The minimum atomic E-state index is -4.07. The Morgan fingerprint density at radius 2 is 1.29 bits per heavy atom. The van der Waals surface area contributed by atoms with Crippen molar-refractivity contribution in [2.45, 2.75) is 51.5 Å². The van der Waals surface area contributed by atoms with Crippen LogP contribution in [0.4, 0.5) is 0 Å². The van der Waals surface area contributed by atoms with Gasteiger partial charge in [0.05, 0.1) is 12.6 Å². The first-order valence-corrected chi connectivity index (χ1v) is 13.6. The molecular formula is C28H34NO5P. The second-order valence-corrected chi connectivity index (χ2v) is 9.76. The standard InChI is InChI=1S/C28H34NO5P/c1-2-3-4-5-15-22-28(30)29-27(24-16-9-6-10-17-24)23-32-35(31,33-25-18-11-7-12-19-25)34-26-20-13-8-14-21-26/h6-14,16-21,27H,2-5,15,22-23H2,1H3,(H,29,30)/t27-/m0/s1. The van der Waals surface area contributed by atoms with E-state index in [2.05, 4.69) is 12.2 Å². The van der Waals surface area contributed by atoms with E-state index in [1.54, 1.807) is 48.5 Å². The van der Waals surface area contributed by atoms with Crippen LogP contribution < -0.4 is 14.4 Å². The monoisotopic (exact) mass is 495 g/mol. The van der Waals surface area contributed by atoms with E-state index in [1.807, 2.05) is 42.5 Å². The smallest absolute Gasteiger partial charge is 0.395 e. The van der Waals surface area contributed by atoms with E-state index in [-0.39, 0.29) is 12.5 Å². The molecule has 35 heavy (non-hydrogen) atoms. The number of benzene rings is 3. The lowest BCUT2D eigenvalue weighted by atomic mass is 10.1. The van der Waals surface area contributed by atoms with Gasteiger partial charge in [-0.1, -0.05) is 99.3 Å². The number of hydrogen-bond donors (Lipinski definition) is 1. The first-order valence-electron chi connectivity index (χ1n) is 12.2. The molecule has 0 spiro atoms. The molecule has 0 aromatic heterocycles. The minimum Gasteiger partial charge on any atom is -0.395 e. The third-order valence-corrected chi connectivity index (χ3v) is 6.70. The average Bonchev–Trinajstić information content (AvgIpc) is 2.88. The third-order valence-electron chi connectivity index (χ3n) is 5.36. The molecule has 0 saturated heterocycles.